The van der Waals surface area contributed by atoms with Crippen molar-refractivity contribution in [3.05, 3.63) is 23.4 Å². The highest BCUT2D eigenvalue weighted by Crippen LogP contribution is 2.02. The number of nitriles is 1. The van der Waals surface area contributed by atoms with E-state index in [4.69, 9.17) is 5.26 Å². The standard InChI is InChI=1S/C7H8N2/c1-6-2-3-9-7(4-6)5-8/h2,4,9H,3H2,1H3. The highest BCUT2D eigenvalue weighted by molar-refractivity contribution is 5.32. The Labute approximate surface area is 54.5 Å². The Bertz CT molecular complexity index is 205. The summed E-state index contributed by atoms with van der Waals surface area (Å²) in [4.78, 5) is 0. The van der Waals surface area contributed by atoms with Gasteiger partial charge in [0.25, 0.3) is 0 Å². The molecular formula is C7H8N2. The summed E-state index contributed by atoms with van der Waals surface area (Å²) >= 11 is 0. The van der Waals surface area contributed by atoms with E-state index in [-0.39, 0.29) is 0 Å². The van der Waals surface area contributed by atoms with Crippen molar-refractivity contribution in [2.75, 3.05) is 6.54 Å². The van der Waals surface area contributed by atoms with Crippen molar-refractivity contribution < 1.29 is 0 Å². The Hall–Kier alpha value is -1.23. The van der Waals surface area contributed by atoms with Gasteiger partial charge in [-0.3, -0.25) is 0 Å². The van der Waals surface area contributed by atoms with E-state index < -0.39 is 0 Å². The average molecular weight is 120 g/mol. The average Bonchev–Trinajstić information content (AvgIpc) is 1.88. The molecule has 9 heavy (non-hydrogen) atoms. The summed E-state index contributed by atoms with van der Waals surface area (Å²) in [5.74, 6) is 0. The summed E-state index contributed by atoms with van der Waals surface area (Å²) in [7, 11) is 0. The van der Waals surface area contributed by atoms with E-state index in [2.05, 4.69) is 5.32 Å². The monoisotopic (exact) mass is 120 g/mol. The molecule has 1 aliphatic rings. The van der Waals surface area contributed by atoms with Crippen LogP contribution in [0.5, 0.6) is 0 Å². The first-order valence-corrected chi connectivity index (χ1v) is 2.85. The smallest absolute Gasteiger partial charge is 0.117 e. The van der Waals surface area contributed by atoms with Crippen LogP contribution in [0.15, 0.2) is 23.4 Å². The summed E-state index contributed by atoms with van der Waals surface area (Å²) in [5, 5.41) is 11.3. The fourth-order valence-electron chi connectivity index (χ4n) is 0.731. The van der Waals surface area contributed by atoms with Crippen molar-refractivity contribution in [1.82, 2.24) is 5.32 Å². The van der Waals surface area contributed by atoms with Gasteiger partial charge in [-0.25, -0.2) is 0 Å². The van der Waals surface area contributed by atoms with Gasteiger partial charge in [0.2, 0.25) is 0 Å². The molecule has 1 rings (SSSR count). The summed E-state index contributed by atoms with van der Waals surface area (Å²) in [6.07, 6.45) is 3.88. The molecule has 1 N–H and O–H groups in total. The minimum Gasteiger partial charge on any atom is -0.373 e. The molecular weight excluding hydrogens is 112 g/mol. The van der Waals surface area contributed by atoms with Crippen molar-refractivity contribution in [3.8, 4) is 6.07 Å². The normalized spacial score (nSPS) is 16.9. The van der Waals surface area contributed by atoms with Gasteiger partial charge in [0, 0.05) is 6.54 Å². The van der Waals surface area contributed by atoms with E-state index in [1.165, 1.54) is 0 Å². The molecule has 0 aromatic heterocycles. The molecule has 0 fully saturated rings. The summed E-state index contributed by atoms with van der Waals surface area (Å²) in [6, 6.07) is 2.04. The summed E-state index contributed by atoms with van der Waals surface area (Å²) < 4.78 is 0. The van der Waals surface area contributed by atoms with Crippen LogP contribution in [0.25, 0.3) is 0 Å². The van der Waals surface area contributed by atoms with Crippen LogP contribution in [-0.4, -0.2) is 6.54 Å². The SMILES string of the molecule is CC1=CCNC(C#N)=C1. The molecule has 0 amide bonds. The Morgan fingerprint density at radius 3 is 3.00 bits per heavy atom. The van der Waals surface area contributed by atoms with E-state index in [0.29, 0.717) is 5.70 Å². The van der Waals surface area contributed by atoms with Crippen LogP contribution >= 0.6 is 0 Å². The molecule has 2 heteroatoms. The minimum atomic E-state index is 0.662. The van der Waals surface area contributed by atoms with Gasteiger partial charge in [0.05, 0.1) is 0 Å². The molecule has 0 bridgehead atoms. The fourth-order valence-corrected chi connectivity index (χ4v) is 0.731. The maximum absolute atomic E-state index is 8.40. The number of allylic oxidation sites excluding steroid dienone is 3. The predicted octanol–water partition coefficient (Wildman–Crippen LogP) is 0.943. The van der Waals surface area contributed by atoms with E-state index in [1.54, 1.807) is 0 Å². The first-order chi connectivity index (χ1) is 4.33. The molecule has 0 saturated heterocycles. The predicted molar refractivity (Wildman–Crippen MR) is 35.5 cm³/mol. The van der Waals surface area contributed by atoms with Crippen molar-refractivity contribution in [2.24, 2.45) is 0 Å². The molecule has 46 valence electrons. The molecule has 2 nitrogen and oxygen atoms in total. The zero-order valence-electron chi connectivity index (χ0n) is 5.31. The van der Waals surface area contributed by atoms with Crippen LogP contribution < -0.4 is 5.32 Å². The van der Waals surface area contributed by atoms with Gasteiger partial charge in [-0.2, -0.15) is 5.26 Å². The van der Waals surface area contributed by atoms with Crippen LogP contribution in [-0.2, 0) is 0 Å². The quantitative estimate of drug-likeness (QED) is 0.516. The van der Waals surface area contributed by atoms with Crippen molar-refractivity contribution >= 4 is 0 Å². The molecule has 0 unspecified atom stereocenters. The van der Waals surface area contributed by atoms with Gasteiger partial charge >= 0.3 is 0 Å². The number of hydrogen-bond donors (Lipinski definition) is 1. The Balaban J connectivity index is 2.78. The molecule has 0 aromatic carbocycles. The van der Waals surface area contributed by atoms with Crippen LogP contribution in [0.2, 0.25) is 0 Å². The highest BCUT2D eigenvalue weighted by atomic mass is 14.9. The zero-order chi connectivity index (χ0) is 6.69. The molecule has 0 aromatic rings. The van der Waals surface area contributed by atoms with Crippen molar-refractivity contribution in [2.45, 2.75) is 6.92 Å². The molecule has 0 aliphatic carbocycles. The molecule has 1 heterocycles. The number of rotatable bonds is 0. The van der Waals surface area contributed by atoms with Gasteiger partial charge in [-0.1, -0.05) is 11.6 Å². The fraction of sp³-hybridized carbons (Fsp3) is 0.286. The lowest BCUT2D eigenvalue weighted by molar-refractivity contribution is 0.913. The maximum Gasteiger partial charge on any atom is 0.117 e. The lowest BCUT2D eigenvalue weighted by Crippen LogP contribution is -2.15. The molecule has 0 saturated carbocycles. The highest BCUT2D eigenvalue weighted by Gasteiger charge is 1.97. The Morgan fingerprint density at radius 2 is 2.56 bits per heavy atom. The van der Waals surface area contributed by atoms with Crippen molar-refractivity contribution in [3.63, 3.8) is 0 Å². The third-order valence-corrected chi connectivity index (χ3v) is 1.21. The molecule has 0 spiro atoms. The van der Waals surface area contributed by atoms with E-state index in [0.717, 1.165) is 12.1 Å². The van der Waals surface area contributed by atoms with E-state index in [9.17, 15) is 0 Å². The van der Waals surface area contributed by atoms with E-state index >= 15 is 0 Å². The van der Waals surface area contributed by atoms with Crippen molar-refractivity contribution in [1.29, 1.82) is 5.26 Å². The van der Waals surface area contributed by atoms with Gasteiger partial charge in [0.1, 0.15) is 11.8 Å². The summed E-state index contributed by atoms with van der Waals surface area (Å²) in [5.41, 5.74) is 1.82. The Kier molecular flexibility index (Phi) is 1.55. The van der Waals surface area contributed by atoms with Gasteiger partial charge in [-0.05, 0) is 13.0 Å². The Morgan fingerprint density at radius 1 is 1.78 bits per heavy atom. The number of dihydropyridines is 1. The van der Waals surface area contributed by atoms with Gasteiger partial charge in [0.15, 0.2) is 0 Å². The lowest BCUT2D eigenvalue weighted by atomic mass is 10.2. The van der Waals surface area contributed by atoms with Crippen LogP contribution in [0.4, 0.5) is 0 Å². The largest absolute Gasteiger partial charge is 0.373 e. The second-order valence-corrected chi connectivity index (χ2v) is 2.00. The maximum atomic E-state index is 8.40. The first-order valence-electron chi connectivity index (χ1n) is 2.85. The topological polar surface area (TPSA) is 35.8 Å². The number of nitrogens with zero attached hydrogens (tertiary/aromatic N) is 1. The number of nitrogens with one attached hydrogen (secondary N) is 1. The van der Waals surface area contributed by atoms with Crippen LogP contribution in [0.3, 0.4) is 0 Å². The molecule has 1 aliphatic heterocycles. The third kappa shape index (κ3) is 1.33. The summed E-state index contributed by atoms with van der Waals surface area (Å²) in [6.45, 7) is 2.77. The minimum absolute atomic E-state index is 0.662. The zero-order valence-corrected chi connectivity index (χ0v) is 5.31. The van der Waals surface area contributed by atoms with Crippen LogP contribution in [0.1, 0.15) is 6.92 Å². The van der Waals surface area contributed by atoms with E-state index in [1.807, 2.05) is 25.1 Å². The first kappa shape index (κ1) is 5.90. The van der Waals surface area contributed by atoms with Gasteiger partial charge < -0.3 is 5.32 Å². The second kappa shape index (κ2) is 2.36. The number of hydrogen-bond acceptors (Lipinski definition) is 2. The second-order valence-electron chi connectivity index (χ2n) is 2.00. The van der Waals surface area contributed by atoms with Gasteiger partial charge in [-0.15, -0.1) is 0 Å². The molecule has 0 radical (unpaired) electrons. The lowest BCUT2D eigenvalue weighted by Gasteiger charge is -2.06. The third-order valence-electron chi connectivity index (χ3n) is 1.21. The van der Waals surface area contributed by atoms with Crippen LogP contribution in [0, 0.1) is 11.3 Å². The molecule has 0 atom stereocenters.